The molecule has 1 aliphatic heterocycles. The Kier molecular flexibility index (Phi) is 6.12. The van der Waals surface area contributed by atoms with Crippen molar-refractivity contribution in [2.24, 2.45) is 10.9 Å². The van der Waals surface area contributed by atoms with Gasteiger partial charge in [-0.3, -0.25) is 4.99 Å². The summed E-state index contributed by atoms with van der Waals surface area (Å²) in [5, 5.41) is 7.13. The highest BCUT2D eigenvalue weighted by Gasteiger charge is 2.43. The van der Waals surface area contributed by atoms with Crippen LogP contribution in [0.15, 0.2) is 29.3 Å². The second-order valence-electron chi connectivity index (χ2n) is 7.59. The predicted octanol–water partition coefficient (Wildman–Crippen LogP) is 4.41. The number of halogens is 1. The first-order valence-corrected chi connectivity index (χ1v) is 9.61. The number of ether oxygens (including phenoxy) is 1. The molecule has 0 saturated heterocycles. The Hall–Kier alpha value is -0.980. The zero-order valence-electron chi connectivity index (χ0n) is 15.1. The summed E-state index contributed by atoms with van der Waals surface area (Å²) in [6.07, 6.45) is 8.64. The normalized spacial score (nSPS) is 24.2. The van der Waals surface area contributed by atoms with Gasteiger partial charge in [0.05, 0.1) is 6.04 Å². The molecule has 3 aliphatic rings. The van der Waals surface area contributed by atoms with E-state index in [4.69, 9.17) is 9.73 Å². The van der Waals surface area contributed by atoms with Crippen LogP contribution in [0.1, 0.15) is 63.5 Å². The van der Waals surface area contributed by atoms with Gasteiger partial charge in [0.2, 0.25) is 0 Å². The molecule has 1 aromatic rings. The Labute approximate surface area is 168 Å². The average Bonchev–Trinajstić information content (AvgIpc) is 3.32. The van der Waals surface area contributed by atoms with Gasteiger partial charge >= 0.3 is 0 Å². The number of fused-ring (bicyclic) bond motifs is 1. The minimum Gasteiger partial charge on any atom is -0.487 e. The molecule has 0 aromatic heterocycles. The number of hydrogen-bond acceptors (Lipinski definition) is 2. The fraction of sp³-hybridized carbons (Fsp3) is 0.650. The molecule has 2 N–H and O–H groups in total. The first kappa shape index (κ1) is 18.8. The zero-order valence-corrected chi connectivity index (χ0v) is 17.4. The fourth-order valence-electron chi connectivity index (χ4n) is 4.08. The van der Waals surface area contributed by atoms with Gasteiger partial charge in [0.1, 0.15) is 11.4 Å². The van der Waals surface area contributed by atoms with E-state index in [1.807, 2.05) is 0 Å². The van der Waals surface area contributed by atoms with Crippen LogP contribution in [0.2, 0.25) is 0 Å². The lowest BCUT2D eigenvalue weighted by Crippen LogP contribution is -2.46. The number of rotatable bonds is 4. The van der Waals surface area contributed by atoms with Crippen LogP contribution in [0.4, 0.5) is 0 Å². The molecule has 5 heteroatoms. The predicted molar refractivity (Wildman–Crippen MR) is 113 cm³/mol. The van der Waals surface area contributed by atoms with Gasteiger partial charge in [-0.25, -0.2) is 0 Å². The highest BCUT2D eigenvalue weighted by Crippen LogP contribution is 2.46. The summed E-state index contributed by atoms with van der Waals surface area (Å²) in [7, 11) is 0. The molecule has 1 heterocycles. The Morgan fingerprint density at radius 3 is 2.72 bits per heavy atom. The van der Waals surface area contributed by atoms with Crippen molar-refractivity contribution in [2.75, 3.05) is 13.1 Å². The number of nitrogens with one attached hydrogen (secondary N) is 2. The summed E-state index contributed by atoms with van der Waals surface area (Å²) in [5.74, 6) is 2.82. The maximum Gasteiger partial charge on any atom is 0.191 e. The van der Waals surface area contributed by atoms with Crippen molar-refractivity contribution in [3.05, 3.63) is 29.8 Å². The first-order chi connectivity index (χ1) is 11.8. The number of aliphatic imine (C=N–C) groups is 1. The lowest BCUT2D eigenvalue weighted by atomic mass is 9.86. The summed E-state index contributed by atoms with van der Waals surface area (Å²) in [5.41, 5.74) is 1.30. The van der Waals surface area contributed by atoms with Crippen molar-refractivity contribution in [2.45, 2.75) is 63.5 Å². The Balaban J connectivity index is 0.00000182. The molecule has 1 aromatic carbocycles. The Bertz CT molecular complexity index is 609. The fourth-order valence-corrected chi connectivity index (χ4v) is 4.08. The van der Waals surface area contributed by atoms with Crippen molar-refractivity contribution in [1.29, 1.82) is 0 Å². The maximum atomic E-state index is 6.46. The number of guanidine groups is 1. The van der Waals surface area contributed by atoms with Gasteiger partial charge in [-0.2, -0.15) is 0 Å². The molecule has 2 aliphatic carbocycles. The molecule has 0 amide bonds. The molecular weight excluding hydrogens is 425 g/mol. The van der Waals surface area contributed by atoms with E-state index in [1.165, 1.54) is 44.1 Å². The monoisotopic (exact) mass is 455 g/mol. The molecule has 4 rings (SSSR count). The lowest BCUT2D eigenvalue weighted by molar-refractivity contribution is 0.0396. The topological polar surface area (TPSA) is 45.7 Å². The van der Waals surface area contributed by atoms with Crippen LogP contribution in [-0.2, 0) is 0 Å². The molecule has 1 spiro atoms. The van der Waals surface area contributed by atoms with E-state index in [-0.39, 0.29) is 35.6 Å². The van der Waals surface area contributed by atoms with Crippen molar-refractivity contribution < 1.29 is 4.74 Å². The Morgan fingerprint density at radius 2 is 2.00 bits per heavy atom. The van der Waals surface area contributed by atoms with Gasteiger partial charge in [0.15, 0.2) is 5.96 Å². The van der Waals surface area contributed by atoms with E-state index in [2.05, 4.69) is 41.8 Å². The van der Waals surface area contributed by atoms with Gasteiger partial charge in [-0.05, 0) is 57.4 Å². The highest BCUT2D eigenvalue weighted by atomic mass is 127. The third-order valence-electron chi connectivity index (χ3n) is 5.57. The Morgan fingerprint density at radius 1 is 1.24 bits per heavy atom. The van der Waals surface area contributed by atoms with Crippen molar-refractivity contribution in [1.82, 2.24) is 10.6 Å². The van der Waals surface area contributed by atoms with E-state index in [1.54, 1.807) is 0 Å². The van der Waals surface area contributed by atoms with Crippen LogP contribution in [0.3, 0.4) is 0 Å². The summed E-state index contributed by atoms with van der Waals surface area (Å²) < 4.78 is 6.46. The van der Waals surface area contributed by atoms with Crippen LogP contribution in [0.5, 0.6) is 5.75 Å². The van der Waals surface area contributed by atoms with Crippen LogP contribution in [-0.4, -0.2) is 24.7 Å². The van der Waals surface area contributed by atoms with E-state index >= 15 is 0 Å². The van der Waals surface area contributed by atoms with E-state index in [9.17, 15) is 0 Å². The second kappa shape index (κ2) is 8.14. The zero-order chi connectivity index (χ0) is 16.4. The van der Waals surface area contributed by atoms with E-state index < -0.39 is 0 Å². The van der Waals surface area contributed by atoms with Gasteiger partial charge in [-0.1, -0.05) is 18.2 Å². The number of hydrogen-bond donors (Lipinski definition) is 2. The summed E-state index contributed by atoms with van der Waals surface area (Å²) in [6, 6.07) is 8.79. The van der Waals surface area contributed by atoms with Crippen molar-refractivity contribution in [3.63, 3.8) is 0 Å². The third-order valence-corrected chi connectivity index (χ3v) is 5.57. The smallest absolute Gasteiger partial charge is 0.191 e. The number of benzene rings is 1. The highest BCUT2D eigenvalue weighted by molar-refractivity contribution is 14.0. The van der Waals surface area contributed by atoms with E-state index in [0.717, 1.165) is 37.1 Å². The molecule has 2 fully saturated rings. The van der Waals surface area contributed by atoms with Crippen LogP contribution in [0, 0.1) is 5.92 Å². The maximum absolute atomic E-state index is 6.46. The second-order valence-corrected chi connectivity index (χ2v) is 7.59. The van der Waals surface area contributed by atoms with Crippen LogP contribution < -0.4 is 15.4 Å². The average molecular weight is 455 g/mol. The SMILES string of the molecule is CCNC(=NCC1CC1)NC1CC2(CCCC2)Oc2ccccc21.I. The molecule has 2 saturated carbocycles. The number of nitrogens with zero attached hydrogens (tertiary/aromatic N) is 1. The minimum atomic E-state index is 0. The van der Waals surface area contributed by atoms with Gasteiger partial charge < -0.3 is 15.4 Å². The molecule has 4 nitrogen and oxygen atoms in total. The molecule has 0 bridgehead atoms. The molecule has 25 heavy (non-hydrogen) atoms. The van der Waals surface area contributed by atoms with Gasteiger partial charge in [0, 0.05) is 25.1 Å². The molecule has 0 radical (unpaired) electrons. The van der Waals surface area contributed by atoms with Gasteiger partial charge in [0.25, 0.3) is 0 Å². The molecule has 1 atom stereocenters. The van der Waals surface area contributed by atoms with Gasteiger partial charge in [-0.15, -0.1) is 24.0 Å². The lowest BCUT2D eigenvalue weighted by Gasteiger charge is -2.40. The molecule has 138 valence electrons. The standard InChI is InChI=1S/C20H29N3O.HI/c1-2-21-19(22-14-15-9-10-15)23-17-13-20(11-5-6-12-20)24-18-8-4-3-7-16(17)18;/h3-4,7-8,15,17H,2,5-6,9-14H2,1H3,(H2,21,22,23);1H. The van der Waals surface area contributed by atoms with Crippen molar-refractivity contribution in [3.8, 4) is 5.75 Å². The largest absolute Gasteiger partial charge is 0.487 e. The van der Waals surface area contributed by atoms with Crippen LogP contribution >= 0.6 is 24.0 Å². The van der Waals surface area contributed by atoms with Crippen LogP contribution in [0.25, 0.3) is 0 Å². The first-order valence-electron chi connectivity index (χ1n) is 9.61. The summed E-state index contributed by atoms with van der Waals surface area (Å²) in [4.78, 5) is 4.81. The van der Waals surface area contributed by atoms with E-state index in [0.29, 0.717) is 0 Å². The molecular formula is C20H30IN3O. The minimum absolute atomic E-state index is 0. The summed E-state index contributed by atoms with van der Waals surface area (Å²) in [6.45, 7) is 3.97. The molecule has 1 unspecified atom stereocenters. The third kappa shape index (κ3) is 4.41. The quantitative estimate of drug-likeness (QED) is 0.402. The van der Waals surface area contributed by atoms with Crippen molar-refractivity contribution >= 4 is 29.9 Å². The number of para-hydroxylation sites is 1. The summed E-state index contributed by atoms with van der Waals surface area (Å²) >= 11 is 0.